The number of carbonyl (C=O) groups excluding carboxylic acids is 2. The minimum absolute atomic E-state index is 0.0367. The van der Waals surface area contributed by atoms with E-state index >= 15 is 0 Å². The van der Waals surface area contributed by atoms with Gasteiger partial charge in [0.05, 0.1) is 0 Å². The highest BCUT2D eigenvalue weighted by atomic mass is 16.2. The van der Waals surface area contributed by atoms with Gasteiger partial charge in [0.2, 0.25) is 5.91 Å². The van der Waals surface area contributed by atoms with Crippen LogP contribution in [-0.4, -0.2) is 17.9 Å². The first kappa shape index (κ1) is 14.6. The number of hydrogen-bond donors (Lipinski definition) is 2. The van der Waals surface area contributed by atoms with Gasteiger partial charge in [-0.2, -0.15) is 0 Å². The highest BCUT2D eigenvalue weighted by molar-refractivity contribution is 5.96. The maximum Gasteiger partial charge on any atom is 0.251 e. The van der Waals surface area contributed by atoms with Gasteiger partial charge in [-0.25, -0.2) is 0 Å². The molecule has 0 saturated heterocycles. The molecule has 2 N–H and O–H groups in total. The molecule has 0 radical (unpaired) electrons. The van der Waals surface area contributed by atoms with Gasteiger partial charge in [0, 0.05) is 23.2 Å². The van der Waals surface area contributed by atoms with Gasteiger partial charge in [-0.15, -0.1) is 0 Å². The molecule has 0 atom stereocenters. The van der Waals surface area contributed by atoms with Crippen molar-refractivity contribution < 1.29 is 9.59 Å². The first-order chi connectivity index (χ1) is 9.63. The molecule has 108 valence electrons. The second-order valence-electron chi connectivity index (χ2n) is 5.33. The molecule has 0 spiro atoms. The van der Waals surface area contributed by atoms with Gasteiger partial charge in [0.15, 0.2) is 0 Å². The summed E-state index contributed by atoms with van der Waals surface area (Å²) in [6.07, 6.45) is 3.83. The molecule has 0 bridgehead atoms. The largest absolute Gasteiger partial charge is 0.349 e. The van der Waals surface area contributed by atoms with Crippen LogP contribution in [0.4, 0.5) is 5.69 Å². The molecule has 2 rings (SSSR count). The van der Waals surface area contributed by atoms with Crippen molar-refractivity contribution in [3.8, 4) is 0 Å². The Balaban J connectivity index is 1.93. The molecule has 0 unspecified atom stereocenters. The van der Waals surface area contributed by atoms with Crippen molar-refractivity contribution in [1.29, 1.82) is 0 Å². The highest BCUT2D eigenvalue weighted by Gasteiger charge is 2.23. The number of carbonyl (C=O) groups is 2. The summed E-state index contributed by atoms with van der Waals surface area (Å²) in [6, 6.07) is 7.42. The summed E-state index contributed by atoms with van der Waals surface area (Å²) >= 11 is 0. The number of benzene rings is 1. The summed E-state index contributed by atoms with van der Waals surface area (Å²) in [5.41, 5.74) is 1.38. The SMILES string of the molecule is CCC(CC)C(=O)Nc1ccc(C(=O)NC2CC2)cc1. The van der Waals surface area contributed by atoms with Gasteiger partial charge in [0.25, 0.3) is 5.91 Å². The fourth-order valence-electron chi connectivity index (χ4n) is 2.11. The van der Waals surface area contributed by atoms with Crippen LogP contribution in [0.5, 0.6) is 0 Å². The van der Waals surface area contributed by atoms with Crippen molar-refractivity contribution >= 4 is 17.5 Å². The summed E-state index contributed by atoms with van der Waals surface area (Å²) in [5, 5.41) is 5.83. The number of anilines is 1. The zero-order valence-electron chi connectivity index (χ0n) is 12.1. The van der Waals surface area contributed by atoms with E-state index < -0.39 is 0 Å². The molecule has 0 aliphatic heterocycles. The lowest BCUT2D eigenvalue weighted by Gasteiger charge is -2.13. The van der Waals surface area contributed by atoms with Gasteiger partial charge in [-0.3, -0.25) is 9.59 Å². The third-order valence-corrected chi connectivity index (χ3v) is 3.68. The fraction of sp³-hybridized carbons (Fsp3) is 0.500. The molecule has 1 aromatic rings. The first-order valence-electron chi connectivity index (χ1n) is 7.35. The van der Waals surface area contributed by atoms with Crippen LogP contribution >= 0.6 is 0 Å². The Hall–Kier alpha value is -1.84. The van der Waals surface area contributed by atoms with Gasteiger partial charge in [-0.05, 0) is 49.9 Å². The zero-order chi connectivity index (χ0) is 14.5. The minimum Gasteiger partial charge on any atom is -0.349 e. The third-order valence-electron chi connectivity index (χ3n) is 3.68. The monoisotopic (exact) mass is 274 g/mol. The topological polar surface area (TPSA) is 58.2 Å². The molecule has 0 aromatic heterocycles. The Morgan fingerprint density at radius 3 is 2.25 bits per heavy atom. The van der Waals surface area contributed by atoms with E-state index in [0.717, 1.165) is 31.4 Å². The number of nitrogens with one attached hydrogen (secondary N) is 2. The van der Waals surface area contributed by atoms with Crippen LogP contribution in [0.3, 0.4) is 0 Å². The van der Waals surface area contributed by atoms with Crippen LogP contribution in [-0.2, 0) is 4.79 Å². The first-order valence-corrected chi connectivity index (χ1v) is 7.35. The molecule has 0 heterocycles. The van der Waals surface area contributed by atoms with Crippen LogP contribution < -0.4 is 10.6 Å². The van der Waals surface area contributed by atoms with E-state index in [1.807, 2.05) is 13.8 Å². The smallest absolute Gasteiger partial charge is 0.251 e. The Kier molecular flexibility index (Phi) is 4.77. The normalized spacial score (nSPS) is 14.2. The van der Waals surface area contributed by atoms with Crippen LogP contribution in [0.2, 0.25) is 0 Å². The second-order valence-corrected chi connectivity index (χ2v) is 5.33. The van der Waals surface area contributed by atoms with E-state index in [1.54, 1.807) is 24.3 Å². The molecule has 1 aliphatic rings. The summed E-state index contributed by atoms with van der Waals surface area (Å²) in [7, 11) is 0. The van der Waals surface area contributed by atoms with E-state index in [0.29, 0.717) is 11.6 Å². The molecular formula is C16H22N2O2. The van der Waals surface area contributed by atoms with E-state index in [1.165, 1.54) is 0 Å². The lowest BCUT2D eigenvalue weighted by atomic mass is 10.0. The van der Waals surface area contributed by atoms with Gasteiger partial charge in [-0.1, -0.05) is 13.8 Å². The van der Waals surface area contributed by atoms with E-state index in [4.69, 9.17) is 0 Å². The van der Waals surface area contributed by atoms with Crippen LogP contribution in [0.15, 0.2) is 24.3 Å². The van der Waals surface area contributed by atoms with Crippen molar-refractivity contribution in [1.82, 2.24) is 5.32 Å². The molecule has 4 heteroatoms. The highest BCUT2D eigenvalue weighted by Crippen LogP contribution is 2.20. The van der Waals surface area contributed by atoms with Gasteiger partial charge < -0.3 is 10.6 Å². The van der Waals surface area contributed by atoms with Crippen LogP contribution in [0.1, 0.15) is 49.9 Å². The molecule has 1 saturated carbocycles. The Morgan fingerprint density at radius 2 is 1.75 bits per heavy atom. The molecule has 2 amide bonds. The Bertz CT molecular complexity index is 474. The number of amides is 2. The Labute approximate surface area is 119 Å². The second kappa shape index (κ2) is 6.55. The summed E-state index contributed by atoms with van der Waals surface area (Å²) in [4.78, 5) is 23.8. The minimum atomic E-state index is -0.0367. The maximum absolute atomic E-state index is 12.0. The Morgan fingerprint density at radius 1 is 1.15 bits per heavy atom. The predicted molar refractivity (Wildman–Crippen MR) is 79.6 cm³/mol. The van der Waals surface area contributed by atoms with E-state index in [-0.39, 0.29) is 17.7 Å². The third kappa shape index (κ3) is 3.83. The van der Waals surface area contributed by atoms with Crippen LogP contribution in [0.25, 0.3) is 0 Å². The molecule has 20 heavy (non-hydrogen) atoms. The zero-order valence-corrected chi connectivity index (χ0v) is 12.1. The predicted octanol–water partition coefficient (Wildman–Crippen LogP) is 2.95. The lowest BCUT2D eigenvalue weighted by Crippen LogP contribution is -2.25. The van der Waals surface area contributed by atoms with Gasteiger partial charge in [0.1, 0.15) is 0 Å². The van der Waals surface area contributed by atoms with Crippen LogP contribution in [0, 0.1) is 5.92 Å². The van der Waals surface area contributed by atoms with Crippen molar-refractivity contribution in [2.24, 2.45) is 5.92 Å². The average molecular weight is 274 g/mol. The molecule has 4 nitrogen and oxygen atoms in total. The molecular weight excluding hydrogens is 252 g/mol. The standard InChI is InChI=1S/C16H22N2O2/c1-3-11(4-2)15(19)17-13-7-5-12(6-8-13)16(20)18-14-9-10-14/h5-8,11,14H,3-4,9-10H2,1-2H3,(H,17,19)(H,18,20). The number of hydrogen-bond acceptors (Lipinski definition) is 2. The quantitative estimate of drug-likeness (QED) is 0.838. The number of rotatable bonds is 6. The van der Waals surface area contributed by atoms with Crippen molar-refractivity contribution in [3.63, 3.8) is 0 Å². The van der Waals surface area contributed by atoms with Gasteiger partial charge >= 0.3 is 0 Å². The average Bonchev–Trinajstić information content (AvgIpc) is 3.25. The van der Waals surface area contributed by atoms with Crippen molar-refractivity contribution in [3.05, 3.63) is 29.8 Å². The molecule has 1 fully saturated rings. The maximum atomic E-state index is 12.0. The summed E-state index contributed by atoms with van der Waals surface area (Å²) in [6.45, 7) is 4.03. The van der Waals surface area contributed by atoms with Crippen molar-refractivity contribution in [2.45, 2.75) is 45.6 Å². The lowest BCUT2D eigenvalue weighted by molar-refractivity contribution is -0.120. The summed E-state index contributed by atoms with van der Waals surface area (Å²) < 4.78 is 0. The summed E-state index contributed by atoms with van der Waals surface area (Å²) in [5.74, 6) is 0.0587. The van der Waals surface area contributed by atoms with E-state index in [9.17, 15) is 9.59 Å². The van der Waals surface area contributed by atoms with E-state index in [2.05, 4.69) is 10.6 Å². The van der Waals surface area contributed by atoms with Crippen molar-refractivity contribution in [2.75, 3.05) is 5.32 Å². The fourth-order valence-corrected chi connectivity index (χ4v) is 2.11. The molecule has 1 aliphatic carbocycles. The molecule has 1 aromatic carbocycles.